The number of halogens is 7. The van der Waals surface area contributed by atoms with Gasteiger partial charge in [-0.15, -0.1) is 0 Å². The maximum atomic E-state index is 13.0. The zero-order valence-electron chi connectivity index (χ0n) is 15.5. The molecule has 3 rings (SSSR count). The second kappa shape index (κ2) is 8.17. The first kappa shape index (κ1) is 22.5. The molecular formula is C18H12ClF6N5O. The van der Waals surface area contributed by atoms with Crippen molar-refractivity contribution in [3.8, 4) is 5.82 Å². The predicted octanol–water partition coefficient (Wildman–Crippen LogP) is 4.84. The van der Waals surface area contributed by atoms with E-state index in [9.17, 15) is 31.1 Å². The van der Waals surface area contributed by atoms with E-state index in [4.69, 9.17) is 11.6 Å². The quantitative estimate of drug-likeness (QED) is 0.562. The Labute approximate surface area is 175 Å². The van der Waals surface area contributed by atoms with Gasteiger partial charge in [-0.05, 0) is 25.1 Å². The van der Waals surface area contributed by atoms with Gasteiger partial charge in [0, 0.05) is 18.0 Å². The Morgan fingerprint density at radius 1 is 1.03 bits per heavy atom. The molecule has 0 aliphatic heterocycles. The number of rotatable bonds is 4. The average Bonchev–Trinajstić information content (AvgIpc) is 3.12. The fourth-order valence-corrected chi connectivity index (χ4v) is 2.81. The van der Waals surface area contributed by atoms with E-state index >= 15 is 0 Å². The Morgan fingerprint density at radius 3 is 2.13 bits per heavy atom. The van der Waals surface area contributed by atoms with Gasteiger partial charge < -0.3 is 5.32 Å². The Bertz CT molecular complexity index is 1080. The second-order valence-electron chi connectivity index (χ2n) is 6.36. The zero-order valence-corrected chi connectivity index (χ0v) is 16.2. The van der Waals surface area contributed by atoms with Crippen LogP contribution in [0.1, 0.15) is 40.1 Å². The molecule has 1 atom stereocenters. The standard InChI is InChI=1S/C18H12ClF6N5O/c1-9(14-15(27-3-2-26-14)30-8-13(19)7-28-30)29-16(31)10-4-11(17(20,21)22)6-12(5-10)18(23,24)25/h2-9H,1H3,(H,29,31). The molecule has 164 valence electrons. The van der Waals surface area contributed by atoms with Crippen molar-refractivity contribution in [3.63, 3.8) is 0 Å². The number of alkyl halides is 6. The van der Waals surface area contributed by atoms with Gasteiger partial charge in [0.15, 0.2) is 5.82 Å². The fourth-order valence-electron chi connectivity index (χ4n) is 2.67. The van der Waals surface area contributed by atoms with Crippen LogP contribution in [0.2, 0.25) is 5.02 Å². The minimum absolute atomic E-state index is 0.0531. The van der Waals surface area contributed by atoms with Gasteiger partial charge in [0.05, 0.1) is 34.6 Å². The monoisotopic (exact) mass is 463 g/mol. The number of hydrogen-bond acceptors (Lipinski definition) is 4. The van der Waals surface area contributed by atoms with E-state index in [1.54, 1.807) is 0 Å². The smallest absolute Gasteiger partial charge is 0.344 e. The van der Waals surface area contributed by atoms with Crippen LogP contribution in [0.5, 0.6) is 0 Å². The van der Waals surface area contributed by atoms with Gasteiger partial charge in [0.25, 0.3) is 5.91 Å². The molecule has 0 bridgehead atoms. The van der Waals surface area contributed by atoms with Crippen molar-refractivity contribution in [1.29, 1.82) is 0 Å². The third-order valence-corrected chi connectivity index (χ3v) is 4.28. The van der Waals surface area contributed by atoms with E-state index < -0.39 is 41.0 Å². The summed E-state index contributed by atoms with van der Waals surface area (Å²) in [5, 5.41) is 6.59. The predicted molar refractivity (Wildman–Crippen MR) is 96.5 cm³/mol. The molecule has 0 saturated carbocycles. The number of hydrogen-bond donors (Lipinski definition) is 1. The number of carbonyl (C=O) groups excluding carboxylic acids is 1. The number of nitrogens with one attached hydrogen (secondary N) is 1. The van der Waals surface area contributed by atoms with Gasteiger partial charge in [0.1, 0.15) is 5.69 Å². The van der Waals surface area contributed by atoms with E-state index in [0.717, 1.165) is 0 Å². The van der Waals surface area contributed by atoms with Gasteiger partial charge in [0.2, 0.25) is 0 Å². The molecule has 0 aliphatic rings. The molecule has 1 unspecified atom stereocenters. The van der Waals surface area contributed by atoms with Crippen molar-refractivity contribution in [2.45, 2.75) is 25.3 Å². The molecule has 1 amide bonds. The third kappa shape index (κ3) is 5.13. The highest BCUT2D eigenvalue weighted by atomic mass is 35.5. The van der Waals surface area contributed by atoms with E-state index in [1.165, 1.54) is 36.4 Å². The van der Waals surface area contributed by atoms with Crippen molar-refractivity contribution >= 4 is 17.5 Å². The van der Waals surface area contributed by atoms with Crippen LogP contribution < -0.4 is 5.32 Å². The lowest BCUT2D eigenvalue weighted by Gasteiger charge is -2.18. The largest absolute Gasteiger partial charge is 0.416 e. The lowest BCUT2D eigenvalue weighted by Crippen LogP contribution is -2.29. The van der Waals surface area contributed by atoms with Crippen LogP contribution in [-0.2, 0) is 12.4 Å². The first-order chi connectivity index (χ1) is 14.4. The molecule has 1 N–H and O–H groups in total. The highest BCUT2D eigenvalue weighted by Gasteiger charge is 2.37. The molecule has 0 fully saturated rings. The topological polar surface area (TPSA) is 72.7 Å². The molecule has 6 nitrogen and oxygen atoms in total. The number of benzene rings is 1. The second-order valence-corrected chi connectivity index (χ2v) is 6.79. The molecule has 0 spiro atoms. The summed E-state index contributed by atoms with van der Waals surface area (Å²) in [6.45, 7) is 1.44. The van der Waals surface area contributed by atoms with Gasteiger partial charge in [-0.25, -0.2) is 9.67 Å². The first-order valence-corrected chi connectivity index (χ1v) is 8.86. The summed E-state index contributed by atoms with van der Waals surface area (Å²) in [6, 6.07) is -0.296. The SMILES string of the molecule is CC(NC(=O)c1cc(C(F)(F)F)cc(C(F)(F)F)c1)c1nccnc1-n1cc(Cl)cn1. The van der Waals surface area contributed by atoms with Crippen molar-refractivity contribution < 1.29 is 31.1 Å². The van der Waals surface area contributed by atoms with Crippen molar-refractivity contribution in [3.05, 3.63) is 70.4 Å². The summed E-state index contributed by atoms with van der Waals surface area (Å²) in [7, 11) is 0. The summed E-state index contributed by atoms with van der Waals surface area (Å²) in [5.41, 5.74) is -3.82. The first-order valence-electron chi connectivity index (χ1n) is 8.48. The number of aromatic nitrogens is 4. The molecule has 2 aromatic heterocycles. The van der Waals surface area contributed by atoms with Crippen LogP contribution in [-0.4, -0.2) is 25.7 Å². The van der Waals surface area contributed by atoms with E-state index in [0.29, 0.717) is 12.1 Å². The van der Waals surface area contributed by atoms with Crippen molar-refractivity contribution in [1.82, 2.24) is 25.1 Å². The molecule has 1 aromatic carbocycles. The zero-order chi connectivity index (χ0) is 23.0. The van der Waals surface area contributed by atoms with Crippen molar-refractivity contribution in [2.24, 2.45) is 0 Å². The Morgan fingerprint density at radius 2 is 1.61 bits per heavy atom. The highest BCUT2D eigenvalue weighted by molar-refractivity contribution is 6.30. The molecule has 13 heteroatoms. The minimum atomic E-state index is -5.07. The summed E-state index contributed by atoms with van der Waals surface area (Å²) >= 11 is 5.82. The summed E-state index contributed by atoms with van der Waals surface area (Å²) in [4.78, 5) is 20.7. The van der Waals surface area contributed by atoms with Crippen LogP contribution in [0.3, 0.4) is 0 Å². The normalized spacial score (nSPS) is 13.2. The molecule has 0 radical (unpaired) electrons. The maximum Gasteiger partial charge on any atom is 0.416 e. The molecule has 0 saturated heterocycles. The molecule has 31 heavy (non-hydrogen) atoms. The van der Waals surface area contributed by atoms with Crippen LogP contribution in [0.25, 0.3) is 5.82 Å². The number of nitrogens with zero attached hydrogens (tertiary/aromatic N) is 4. The van der Waals surface area contributed by atoms with E-state index in [-0.39, 0.29) is 22.6 Å². The Balaban J connectivity index is 1.94. The van der Waals surface area contributed by atoms with Crippen LogP contribution in [0.4, 0.5) is 26.3 Å². The van der Waals surface area contributed by atoms with Gasteiger partial charge in [-0.1, -0.05) is 11.6 Å². The van der Waals surface area contributed by atoms with Crippen LogP contribution >= 0.6 is 11.6 Å². The van der Waals surface area contributed by atoms with Gasteiger partial charge in [-0.2, -0.15) is 31.4 Å². The third-order valence-electron chi connectivity index (χ3n) is 4.08. The number of amides is 1. The lowest BCUT2D eigenvalue weighted by atomic mass is 10.0. The van der Waals surface area contributed by atoms with E-state index in [1.807, 2.05) is 0 Å². The maximum absolute atomic E-state index is 13.0. The molecule has 3 aromatic rings. The summed E-state index contributed by atoms with van der Waals surface area (Å²) in [6.07, 6.45) is -4.76. The van der Waals surface area contributed by atoms with E-state index in [2.05, 4.69) is 20.4 Å². The Hall–Kier alpha value is -3.15. The van der Waals surface area contributed by atoms with Crippen molar-refractivity contribution in [2.75, 3.05) is 0 Å². The lowest BCUT2D eigenvalue weighted by molar-refractivity contribution is -0.143. The van der Waals surface area contributed by atoms with Crippen LogP contribution in [0, 0.1) is 0 Å². The summed E-state index contributed by atoms with van der Waals surface area (Å²) in [5.74, 6) is -0.985. The molecule has 2 heterocycles. The highest BCUT2D eigenvalue weighted by Crippen LogP contribution is 2.36. The number of carbonyl (C=O) groups is 1. The van der Waals surface area contributed by atoms with Crippen LogP contribution in [0.15, 0.2) is 43.0 Å². The molecule has 0 aliphatic carbocycles. The minimum Gasteiger partial charge on any atom is -0.344 e. The van der Waals surface area contributed by atoms with Gasteiger partial charge >= 0.3 is 12.4 Å². The van der Waals surface area contributed by atoms with Gasteiger partial charge in [-0.3, -0.25) is 9.78 Å². The Kier molecular flexibility index (Phi) is 5.94. The summed E-state index contributed by atoms with van der Waals surface area (Å²) < 4.78 is 79.5. The average molecular weight is 464 g/mol. The molecular weight excluding hydrogens is 452 g/mol. The fraction of sp³-hybridized carbons (Fsp3) is 0.222.